The number of piperazine rings is 1. The van der Waals surface area contributed by atoms with Gasteiger partial charge in [-0.25, -0.2) is 0 Å². The molecule has 0 aliphatic carbocycles. The molecule has 1 amide bonds. The molecule has 0 atom stereocenters. The highest BCUT2D eigenvalue weighted by molar-refractivity contribution is 6.04. The Hall–Kier alpha value is -4.66. The van der Waals surface area contributed by atoms with Gasteiger partial charge in [0.15, 0.2) is 0 Å². The summed E-state index contributed by atoms with van der Waals surface area (Å²) >= 11 is 0. The molecule has 1 saturated heterocycles. The summed E-state index contributed by atoms with van der Waals surface area (Å²) in [6.45, 7) is 11.1. The molecule has 8 heteroatoms. The Balaban J connectivity index is 1.13. The molecule has 2 aromatic heterocycles. The van der Waals surface area contributed by atoms with Gasteiger partial charge in [-0.3, -0.25) is 14.7 Å². The van der Waals surface area contributed by atoms with Gasteiger partial charge >= 0.3 is 0 Å². The molecule has 1 aliphatic rings. The Morgan fingerprint density at radius 3 is 2.13 bits per heavy atom. The van der Waals surface area contributed by atoms with E-state index >= 15 is 0 Å². The number of likely N-dealkylation sites (N-methyl/N-ethyl adjacent to an activating group) is 1. The van der Waals surface area contributed by atoms with Crippen LogP contribution in [0.2, 0.25) is 0 Å². The topological polar surface area (TPSA) is 71.9 Å². The fourth-order valence-electron chi connectivity index (χ4n) is 6.41. The second-order valence-electron chi connectivity index (χ2n) is 12.2. The average Bonchev–Trinajstić information content (AvgIpc) is 3.32. The van der Waals surface area contributed by atoms with E-state index in [4.69, 9.17) is 9.47 Å². The molecule has 1 aliphatic heterocycles. The van der Waals surface area contributed by atoms with Crippen LogP contribution in [0, 0.1) is 13.8 Å². The zero-order valence-electron chi connectivity index (χ0n) is 27.5. The lowest BCUT2D eigenvalue weighted by molar-refractivity contribution is 0.102. The van der Waals surface area contributed by atoms with Crippen molar-refractivity contribution in [2.75, 3.05) is 59.3 Å². The summed E-state index contributed by atoms with van der Waals surface area (Å²) in [4.78, 5) is 22.3. The molecule has 6 rings (SSSR count). The van der Waals surface area contributed by atoms with Crippen LogP contribution < -0.4 is 14.8 Å². The number of pyridine rings is 1. The standard InChI is InChI=1S/C38H43N5O3/c1-26-27(2)43(21-20-42-18-16-41(3)17-19-42)34-11-8-29(23-33(26)34)22-28-6-9-31(10-7-28)38(44)40-32-24-35(45-4)37(36(25-32)46-5)30-12-14-39-15-13-30/h6-15,23-25H,16-22H2,1-5H3,(H,40,44). The molecule has 0 spiro atoms. The monoisotopic (exact) mass is 617 g/mol. The van der Waals surface area contributed by atoms with E-state index in [9.17, 15) is 4.79 Å². The highest BCUT2D eigenvalue weighted by Gasteiger charge is 2.18. The van der Waals surface area contributed by atoms with Gasteiger partial charge in [0.1, 0.15) is 11.5 Å². The number of ether oxygens (including phenoxy) is 2. The lowest BCUT2D eigenvalue weighted by atomic mass is 10.0. The number of fused-ring (bicyclic) bond motifs is 1. The predicted molar refractivity (Wildman–Crippen MR) is 185 cm³/mol. The smallest absolute Gasteiger partial charge is 0.255 e. The summed E-state index contributed by atoms with van der Waals surface area (Å²) in [5, 5.41) is 4.33. The summed E-state index contributed by atoms with van der Waals surface area (Å²) in [6.07, 6.45) is 4.25. The SMILES string of the molecule is COc1cc(NC(=O)c2ccc(Cc3ccc4c(c3)c(C)c(C)n4CCN3CCN(C)CC3)cc2)cc(OC)c1-c1ccncc1. The minimum absolute atomic E-state index is 0.197. The van der Waals surface area contributed by atoms with Crippen LogP contribution in [0.4, 0.5) is 5.69 Å². The van der Waals surface area contributed by atoms with Crippen molar-refractivity contribution in [3.63, 3.8) is 0 Å². The van der Waals surface area contributed by atoms with Crippen molar-refractivity contribution < 1.29 is 14.3 Å². The maximum absolute atomic E-state index is 13.2. The number of carbonyl (C=O) groups is 1. The molecule has 0 saturated carbocycles. The minimum Gasteiger partial charge on any atom is -0.496 e. The van der Waals surface area contributed by atoms with Crippen molar-refractivity contribution in [1.29, 1.82) is 0 Å². The highest BCUT2D eigenvalue weighted by Crippen LogP contribution is 2.41. The van der Waals surface area contributed by atoms with Crippen LogP contribution in [0.5, 0.6) is 11.5 Å². The Labute approximate surface area is 271 Å². The summed E-state index contributed by atoms with van der Waals surface area (Å²) in [5.74, 6) is 1.01. The van der Waals surface area contributed by atoms with Crippen molar-refractivity contribution in [3.8, 4) is 22.6 Å². The second kappa shape index (κ2) is 13.8. The summed E-state index contributed by atoms with van der Waals surface area (Å²) in [7, 11) is 5.42. The van der Waals surface area contributed by atoms with E-state index < -0.39 is 0 Å². The van der Waals surface area contributed by atoms with E-state index in [0.717, 1.165) is 62.4 Å². The average molecular weight is 618 g/mol. The van der Waals surface area contributed by atoms with E-state index in [0.29, 0.717) is 22.7 Å². The first-order valence-electron chi connectivity index (χ1n) is 15.9. The van der Waals surface area contributed by atoms with Crippen LogP contribution in [0.15, 0.2) is 79.1 Å². The van der Waals surface area contributed by atoms with Crippen LogP contribution in [0.1, 0.15) is 32.7 Å². The number of aromatic nitrogens is 2. The van der Waals surface area contributed by atoms with Crippen LogP contribution in [-0.4, -0.2) is 79.2 Å². The number of rotatable bonds is 10. The fourth-order valence-corrected chi connectivity index (χ4v) is 6.41. The van der Waals surface area contributed by atoms with Gasteiger partial charge in [-0.2, -0.15) is 0 Å². The van der Waals surface area contributed by atoms with Gasteiger partial charge < -0.3 is 24.3 Å². The maximum atomic E-state index is 13.2. The van der Waals surface area contributed by atoms with Crippen LogP contribution in [-0.2, 0) is 13.0 Å². The molecular formula is C38H43N5O3. The first kappa shape index (κ1) is 31.3. The Morgan fingerprint density at radius 2 is 1.48 bits per heavy atom. The quantitative estimate of drug-likeness (QED) is 0.195. The molecule has 8 nitrogen and oxygen atoms in total. The third kappa shape index (κ3) is 6.64. The maximum Gasteiger partial charge on any atom is 0.255 e. The molecule has 5 aromatic rings. The van der Waals surface area contributed by atoms with Gasteiger partial charge in [0.25, 0.3) is 5.91 Å². The van der Waals surface area contributed by atoms with Crippen molar-refractivity contribution in [3.05, 3.63) is 107 Å². The van der Waals surface area contributed by atoms with Gasteiger partial charge in [0.05, 0.1) is 19.8 Å². The number of amides is 1. The molecule has 238 valence electrons. The van der Waals surface area contributed by atoms with Crippen molar-refractivity contribution >= 4 is 22.5 Å². The van der Waals surface area contributed by atoms with Crippen LogP contribution in [0.3, 0.4) is 0 Å². The number of carbonyl (C=O) groups excluding carboxylic acids is 1. The molecule has 0 bridgehead atoms. The van der Waals surface area contributed by atoms with Gasteiger partial charge in [-0.1, -0.05) is 18.2 Å². The first-order chi connectivity index (χ1) is 22.3. The number of methoxy groups -OCH3 is 2. The van der Waals surface area contributed by atoms with E-state index in [1.807, 2.05) is 48.5 Å². The van der Waals surface area contributed by atoms with Gasteiger partial charge in [-0.05, 0) is 86.0 Å². The molecule has 3 heterocycles. The zero-order valence-corrected chi connectivity index (χ0v) is 27.5. The number of anilines is 1. The summed E-state index contributed by atoms with van der Waals surface area (Å²) in [5.41, 5.74) is 9.32. The molecule has 0 radical (unpaired) electrons. The lowest BCUT2D eigenvalue weighted by Crippen LogP contribution is -2.45. The fraction of sp³-hybridized carbons (Fsp3) is 0.316. The largest absolute Gasteiger partial charge is 0.496 e. The predicted octanol–water partition coefficient (Wildman–Crippen LogP) is 6.43. The van der Waals surface area contributed by atoms with E-state index in [2.05, 4.69) is 63.8 Å². The molecule has 0 unspecified atom stereocenters. The summed E-state index contributed by atoms with van der Waals surface area (Å²) in [6, 6.07) is 22.1. The van der Waals surface area contributed by atoms with Crippen LogP contribution >= 0.6 is 0 Å². The van der Waals surface area contributed by atoms with Crippen molar-refractivity contribution in [1.82, 2.24) is 19.4 Å². The van der Waals surface area contributed by atoms with Gasteiger partial charge in [0, 0.05) is 91.6 Å². The highest BCUT2D eigenvalue weighted by atomic mass is 16.5. The van der Waals surface area contributed by atoms with E-state index in [1.165, 1.54) is 27.7 Å². The Bertz CT molecular complexity index is 1800. The number of nitrogens with one attached hydrogen (secondary N) is 1. The van der Waals surface area contributed by atoms with E-state index in [1.54, 1.807) is 26.6 Å². The van der Waals surface area contributed by atoms with Crippen LogP contribution in [0.25, 0.3) is 22.0 Å². The van der Waals surface area contributed by atoms with Gasteiger partial charge in [-0.15, -0.1) is 0 Å². The summed E-state index contributed by atoms with van der Waals surface area (Å²) < 4.78 is 13.8. The molecular weight excluding hydrogens is 574 g/mol. The second-order valence-corrected chi connectivity index (χ2v) is 12.2. The van der Waals surface area contributed by atoms with Gasteiger partial charge in [0.2, 0.25) is 0 Å². The number of benzene rings is 3. The Kier molecular flexibility index (Phi) is 9.38. The zero-order chi connectivity index (χ0) is 32.2. The molecule has 1 N–H and O–H groups in total. The number of hydrogen-bond acceptors (Lipinski definition) is 6. The lowest BCUT2D eigenvalue weighted by Gasteiger charge is -2.32. The molecule has 1 fully saturated rings. The minimum atomic E-state index is -0.197. The van der Waals surface area contributed by atoms with E-state index in [-0.39, 0.29) is 5.91 Å². The normalized spacial score (nSPS) is 14.0. The molecule has 46 heavy (non-hydrogen) atoms. The van der Waals surface area contributed by atoms with Crippen molar-refractivity contribution in [2.45, 2.75) is 26.8 Å². The third-order valence-electron chi connectivity index (χ3n) is 9.30. The number of hydrogen-bond donors (Lipinski definition) is 1. The Morgan fingerprint density at radius 1 is 0.826 bits per heavy atom. The first-order valence-corrected chi connectivity index (χ1v) is 15.9. The van der Waals surface area contributed by atoms with Crippen molar-refractivity contribution in [2.24, 2.45) is 0 Å². The number of aryl methyl sites for hydroxylation is 1. The molecule has 3 aromatic carbocycles. The third-order valence-corrected chi connectivity index (χ3v) is 9.30. The number of nitrogens with zero attached hydrogens (tertiary/aromatic N) is 4.